The summed E-state index contributed by atoms with van der Waals surface area (Å²) in [6, 6.07) is 10.2. The second kappa shape index (κ2) is 5.61. The van der Waals surface area contributed by atoms with Crippen LogP contribution in [0.2, 0.25) is 0 Å². The number of carboxylic acid groups (broad SMARTS) is 1. The van der Waals surface area contributed by atoms with E-state index >= 15 is 0 Å². The zero-order valence-corrected chi connectivity index (χ0v) is 14.0. The minimum absolute atomic E-state index is 0.0157. The Kier molecular flexibility index (Phi) is 3.66. The third kappa shape index (κ3) is 2.35. The molecule has 24 heavy (non-hydrogen) atoms. The number of carbonyl (C=O) groups is 2. The van der Waals surface area contributed by atoms with Gasteiger partial charge in [-0.25, -0.2) is 0 Å². The summed E-state index contributed by atoms with van der Waals surface area (Å²) in [6.45, 7) is 1.44. The summed E-state index contributed by atoms with van der Waals surface area (Å²) in [4.78, 5) is 26.6. The normalized spacial score (nSPS) is 27.2. The molecule has 2 aliphatic carbocycles. The standard InChI is InChI=1S/C20H25NO3/c22-17(23)16-14-19(16)10-12-21(13-11-19)18(24)20(8-4-5-9-20)15-6-2-1-3-7-15/h1-3,6-7,16H,4-5,8-14H2,(H,22,23). The van der Waals surface area contributed by atoms with Crippen molar-refractivity contribution in [1.82, 2.24) is 4.90 Å². The molecule has 1 spiro atoms. The van der Waals surface area contributed by atoms with Crippen LogP contribution in [0.15, 0.2) is 30.3 Å². The number of hydrogen-bond acceptors (Lipinski definition) is 2. The molecule has 1 N–H and O–H groups in total. The van der Waals surface area contributed by atoms with E-state index in [1.807, 2.05) is 23.1 Å². The summed E-state index contributed by atoms with van der Waals surface area (Å²) in [7, 11) is 0. The van der Waals surface area contributed by atoms with Gasteiger partial charge in [-0.3, -0.25) is 9.59 Å². The third-order valence-corrected chi connectivity index (χ3v) is 6.73. The van der Waals surface area contributed by atoms with E-state index in [4.69, 9.17) is 0 Å². The lowest BCUT2D eigenvalue weighted by Gasteiger charge is -2.39. The predicted molar refractivity (Wildman–Crippen MR) is 90.6 cm³/mol. The summed E-state index contributed by atoms with van der Waals surface area (Å²) in [5.74, 6) is -0.566. The van der Waals surface area contributed by atoms with Gasteiger partial charge in [-0.05, 0) is 43.1 Å². The van der Waals surface area contributed by atoms with E-state index in [-0.39, 0.29) is 22.7 Å². The Morgan fingerprint density at radius 3 is 2.17 bits per heavy atom. The number of piperidine rings is 1. The quantitative estimate of drug-likeness (QED) is 0.927. The van der Waals surface area contributed by atoms with Gasteiger partial charge in [0.15, 0.2) is 0 Å². The van der Waals surface area contributed by atoms with Crippen molar-refractivity contribution in [3.8, 4) is 0 Å². The van der Waals surface area contributed by atoms with Crippen LogP contribution < -0.4 is 0 Å². The Labute approximate surface area is 142 Å². The Balaban J connectivity index is 1.50. The number of hydrogen-bond donors (Lipinski definition) is 1. The van der Waals surface area contributed by atoms with Crippen molar-refractivity contribution in [2.75, 3.05) is 13.1 Å². The highest BCUT2D eigenvalue weighted by molar-refractivity contribution is 5.89. The van der Waals surface area contributed by atoms with Crippen molar-refractivity contribution >= 4 is 11.9 Å². The number of carboxylic acids is 1. The van der Waals surface area contributed by atoms with E-state index in [9.17, 15) is 14.7 Å². The van der Waals surface area contributed by atoms with Gasteiger partial charge in [0.2, 0.25) is 5.91 Å². The molecule has 0 aromatic heterocycles. The zero-order chi connectivity index (χ0) is 16.8. The number of amides is 1. The molecule has 1 unspecified atom stereocenters. The maximum absolute atomic E-state index is 13.4. The summed E-state index contributed by atoms with van der Waals surface area (Å²) >= 11 is 0. The fraction of sp³-hybridized carbons (Fsp3) is 0.600. The molecule has 128 valence electrons. The van der Waals surface area contributed by atoms with Crippen LogP contribution in [0.4, 0.5) is 0 Å². The van der Waals surface area contributed by atoms with E-state index in [1.165, 1.54) is 0 Å². The van der Waals surface area contributed by atoms with Gasteiger partial charge in [0.25, 0.3) is 0 Å². The van der Waals surface area contributed by atoms with Gasteiger partial charge in [0.05, 0.1) is 11.3 Å². The van der Waals surface area contributed by atoms with E-state index in [1.54, 1.807) is 0 Å². The topological polar surface area (TPSA) is 57.6 Å². The van der Waals surface area contributed by atoms with Crippen LogP contribution in [-0.2, 0) is 15.0 Å². The highest BCUT2D eigenvalue weighted by Gasteiger charge is 2.59. The van der Waals surface area contributed by atoms with E-state index in [2.05, 4.69) is 12.1 Å². The smallest absolute Gasteiger partial charge is 0.307 e. The highest BCUT2D eigenvalue weighted by atomic mass is 16.4. The van der Waals surface area contributed by atoms with Crippen molar-refractivity contribution < 1.29 is 14.7 Å². The maximum Gasteiger partial charge on any atom is 0.307 e. The number of benzene rings is 1. The van der Waals surface area contributed by atoms with Crippen LogP contribution in [0.1, 0.15) is 50.5 Å². The number of likely N-dealkylation sites (tertiary alicyclic amines) is 1. The Bertz CT molecular complexity index is 640. The lowest BCUT2D eigenvalue weighted by atomic mass is 9.76. The fourth-order valence-electron chi connectivity index (χ4n) is 5.07. The molecule has 3 aliphatic rings. The van der Waals surface area contributed by atoms with Gasteiger partial charge in [-0.15, -0.1) is 0 Å². The average molecular weight is 327 g/mol. The number of carbonyl (C=O) groups excluding carboxylic acids is 1. The van der Waals surface area contributed by atoms with Crippen molar-refractivity contribution in [2.24, 2.45) is 11.3 Å². The van der Waals surface area contributed by atoms with Crippen molar-refractivity contribution in [1.29, 1.82) is 0 Å². The van der Waals surface area contributed by atoms with E-state index in [0.717, 1.165) is 63.6 Å². The molecule has 4 nitrogen and oxygen atoms in total. The van der Waals surface area contributed by atoms with Crippen LogP contribution in [-0.4, -0.2) is 35.0 Å². The molecule has 1 aromatic rings. The maximum atomic E-state index is 13.4. The van der Waals surface area contributed by atoms with Gasteiger partial charge in [0.1, 0.15) is 0 Å². The van der Waals surface area contributed by atoms with Crippen LogP contribution in [0.3, 0.4) is 0 Å². The first kappa shape index (κ1) is 15.7. The molecule has 1 atom stereocenters. The fourth-order valence-corrected chi connectivity index (χ4v) is 5.07. The average Bonchev–Trinajstić information content (AvgIpc) is 3.08. The van der Waals surface area contributed by atoms with Crippen molar-refractivity contribution in [3.63, 3.8) is 0 Å². The van der Waals surface area contributed by atoms with Gasteiger partial charge >= 0.3 is 5.97 Å². The van der Waals surface area contributed by atoms with Crippen molar-refractivity contribution in [2.45, 2.75) is 50.4 Å². The molecule has 4 rings (SSSR count). The lowest BCUT2D eigenvalue weighted by molar-refractivity contribution is -0.140. The van der Waals surface area contributed by atoms with Gasteiger partial charge in [-0.1, -0.05) is 43.2 Å². The zero-order valence-electron chi connectivity index (χ0n) is 14.0. The molecular formula is C20H25NO3. The van der Waals surface area contributed by atoms with E-state index in [0.29, 0.717) is 0 Å². The molecule has 3 fully saturated rings. The van der Waals surface area contributed by atoms with Crippen LogP contribution in [0, 0.1) is 11.3 Å². The molecule has 1 heterocycles. The third-order valence-electron chi connectivity index (χ3n) is 6.73. The Morgan fingerprint density at radius 1 is 1.00 bits per heavy atom. The second-order valence-electron chi connectivity index (χ2n) is 7.90. The van der Waals surface area contributed by atoms with Crippen LogP contribution in [0.25, 0.3) is 0 Å². The Hall–Kier alpha value is -1.84. The molecule has 2 saturated carbocycles. The number of nitrogens with zero attached hydrogens (tertiary/aromatic N) is 1. The summed E-state index contributed by atoms with van der Waals surface area (Å²) < 4.78 is 0. The highest BCUT2D eigenvalue weighted by Crippen LogP contribution is 2.59. The van der Waals surface area contributed by atoms with Crippen molar-refractivity contribution in [3.05, 3.63) is 35.9 Å². The molecule has 1 saturated heterocycles. The molecule has 1 aromatic carbocycles. The van der Waals surface area contributed by atoms with Gasteiger partial charge < -0.3 is 10.0 Å². The number of aliphatic carboxylic acids is 1. The van der Waals surface area contributed by atoms with E-state index < -0.39 is 5.97 Å². The molecule has 0 radical (unpaired) electrons. The molecule has 1 amide bonds. The number of rotatable bonds is 3. The monoisotopic (exact) mass is 327 g/mol. The minimum atomic E-state index is -0.661. The van der Waals surface area contributed by atoms with Crippen LogP contribution >= 0.6 is 0 Å². The molecule has 4 heteroatoms. The van der Waals surface area contributed by atoms with Gasteiger partial charge in [-0.2, -0.15) is 0 Å². The summed E-state index contributed by atoms with van der Waals surface area (Å²) in [5, 5.41) is 9.23. The molecule has 0 bridgehead atoms. The molecular weight excluding hydrogens is 302 g/mol. The summed E-state index contributed by atoms with van der Waals surface area (Å²) in [6.07, 6.45) is 6.60. The molecule has 1 aliphatic heterocycles. The second-order valence-corrected chi connectivity index (χ2v) is 7.90. The SMILES string of the molecule is O=C(O)C1CC12CCN(C(=O)C1(c3ccccc3)CCCC1)CC2. The van der Waals surface area contributed by atoms with Crippen LogP contribution in [0.5, 0.6) is 0 Å². The predicted octanol–water partition coefficient (Wildman–Crippen LogP) is 3.21. The Morgan fingerprint density at radius 2 is 1.62 bits per heavy atom. The summed E-state index contributed by atoms with van der Waals surface area (Å²) in [5.41, 5.74) is 0.794. The van der Waals surface area contributed by atoms with Gasteiger partial charge in [0, 0.05) is 13.1 Å². The minimum Gasteiger partial charge on any atom is -0.481 e. The first-order valence-corrected chi connectivity index (χ1v) is 9.15. The first-order chi connectivity index (χ1) is 11.6. The lowest BCUT2D eigenvalue weighted by Crippen LogP contribution is -2.49. The largest absolute Gasteiger partial charge is 0.481 e. The first-order valence-electron chi connectivity index (χ1n) is 9.15.